The lowest BCUT2D eigenvalue weighted by Crippen LogP contribution is -2.32. The lowest BCUT2D eigenvalue weighted by molar-refractivity contribution is -0.136. The predicted octanol–water partition coefficient (Wildman–Crippen LogP) is 3.23. The molecule has 0 atom stereocenters. The van der Waals surface area contributed by atoms with E-state index in [1.165, 1.54) is 6.21 Å². The Morgan fingerprint density at radius 2 is 1.81 bits per heavy atom. The smallest absolute Gasteiger partial charge is 0.329 e. The van der Waals surface area contributed by atoms with E-state index in [0.717, 1.165) is 0 Å². The summed E-state index contributed by atoms with van der Waals surface area (Å²) in [6, 6.07) is 11.8. The van der Waals surface area contributed by atoms with Gasteiger partial charge in [0.15, 0.2) is 0 Å². The highest BCUT2D eigenvalue weighted by molar-refractivity contribution is 6.41. The molecule has 0 heterocycles. The van der Waals surface area contributed by atoms with Gasteiger partial charge >= 0.3 is 11.8 Å². The number of amides is 2. The molecule has 0 radical (unpaired) electrons. The Hall–Kier alpha value is -3.06. The predicted molar refractivity (Wildman–Crippen MR) is 105 cm³/mol. The third-order valence-corrected chi connectivity index (χ3v) is 3.62. The van der Waals surface area contributed by atoms with E-state index in [-0.39, 0.29) is 0 Å². The first-order valence-electron chi connectivity index (χ1n) is 8.33. The minimum atomic E-state index is -0.921. The molecule has 8 heteroatoms. The Labute approximate surface area is 162 Å². The van der Waals surface area contributed by atoms with Gasteiger partial charge in [-0.25, -0.2) is 5.43 Å². The number of carbonyl (C=O) groups is 2. The SMILES string of the molecule is CCOc1ccc(/C=N\NC(=O)C(=O)Nc2ccccc2Cl)c(OCC)c1. The van der Waals surface area contributed by atoms with E-state index >= 15 is 0 Å². The molecule has 0 aliphatic heterocycles. The molecule has 142 valence electrons. The van der Waals surface area contributed by atoms with Crippen LogP contribution < -0.4 is 20.2 Å². The zero-order valence-corrected chi connectivity index (χ0v) is 15.7. The van der Waals surface area contributed by atoms with E-state index in [2.05, 4.69) is 15.8 Å². The van der Waals surface area contributed by atoms with Crippen LogP contribution in [0.5, 0.6) is 11.5 Å². The molecule has 2 aromatic rings. The molecular weight excluding hydrogens is 370 g/mol. The summed E-state index contributed by atoms with van der Waals surface area (Å²) >= 11 is 5.94. The summed E-state index contributed by atoms with van der Waals surface area (Å²) in [6.07, 6.45) is 1.39. The van der Waals surface area contributed by atoms with Crippen LogP contribution >= 0.6 is 11.6 Å². The number of hydrogen-bond acceptors (Lipinski definition) is 5. The Balaban J connectivity index is 2.00. The van der Waals surface area contributed by atoms with Crippen LogP contribution in [0.2, 0.25) is 5.02 Å². The number of hydrogen-bond donors (Lipinski definition) is 2. The molecule has 0 spiro atoms. The highest BCUT2D eigenvalue weighted by atomic mass is 35.5. The molecule has 0 aromatic heterocycles. The summed E-state index contributed by atoms with van der Waals surface area (Å²) in [5.74, 6) is -0.574. The third-order valence-electron chi connectivity index (χ3n) is 3.29. The average Bonchev–Trinajstić information content (AvgIpc) is 2.65. The van der Waals surface area contributed by atoms with E-state index in [9.17, 15) is 9.59 Å². The van der Waals surface area contributed by atoms with Crippen molar-refractivity contribution in [2.45, 2.75) is 13.8 Å². The van der Waals surface area contributed by atoms with Crippen LogP contribution in [-0.2, 0) is 9.59 Å². The molecule has 0 saturated carbocycles. The number of nitrogens with zero attached hydrogens (tertiary/aromatic N) is 1. The van der Waals surface area contributed by atoms with Gasteiger partial charge in [-0.15, -0.1) is 0 Å². The first kappa shape index (κ1) is 20.3. The van der Waals surface area contributed by atoms with Crippen LogP contribution in [0.1, 0.15) is 19.4 Å². The van der Waals surface area contributed by atoms with Crippen molar-refractivity contribution < 1.29 is 19.1 Å². The molecule has 2 rings (SSSR count). The summed E-state index contributed by atoms with van der Waals surface area (Å²) in [5, 5.41) is 6.55. The fraction of sp³-hybridized carbons (Fsp3) is 0.211. The maximum Gasteiger partial charge on any atom is 0.329 e. The van der Waals surface area contributed by atoms with Crippen LogP contribution in [0.15, 0.2) is 47.6 Å². The first-order chi connectivity index (χ1) is 13.0. The zero-order chi connectivity index (χ0) is 19.6. The van der Waals surface area contributed by atoms with Crippen molar-refractivity contribution >= 4 is 35.3 Å². The number of para-hydroxylation sites is 1. The van der Waals surface area contributed by atoms with Gasteiger partial charge in [0.2, 0.25) is 0 Å². The molecule has 0 unspecified atom stereocenters. The average molecular weight is 390 g/mol. The molecule has 0 fully saturated rings. The molecule has 0 bridgehead atoms. The highest BCUT2D eigenvalue weighted by Crippen LogP contribution is 2.24. The van der Waals surface area contributed by atoms with Crippen LogP contribution in [0.3, 0.4) is 0 Å². The summed E-state index contributed by atoms with van der Waals surface area (Å²) in [7, 11) is 0. The molecule has 0 aliphatic rings. The Bertz CT molecular complexity index is 839. The first-order valence-corrected chi connectivity index (χ1v) is 8.71. The topological polar surface area (TPSA) is 89.0 Å². The molecule has 2 amide bonds. The number of halogens is 1. The number of ether oxygens (including phenoxy) is 2. The molecule has 2 N–H and O–H groups in total. The van der Waals surface area contributed by atoms with E-state index in [1.807, 2.05) is 13.8 Å². The van der Waals surface area contributed by atoms with E-state index in [4.69, 9.17) is 21.1 Å². The number of rotatable bonds is 7. The summed E-state index contributed by atoms with van der Waals surface area (Å²) < 4.78 is 11.0. The summed E-state index contributed by atoms with van der Waals surface area (Å²) in [6.45, 7) is 4.74. The van der Waals surface area contributed by atoms with Crippen LogP contribution in [0.4, 0.5) is 5.69 Å². The molecule has 7 nitrogen and oxygen atoms in total. The normalized spacial score (nSPS) is 10.5. The molecular formula is C19H20ClN3O4. The zero-order valence-electron chi connectivity index (χ0n) is 15.0. The Morgan fingerprint density at radius 3 is 2.52 bits per heavy atom. The second kappa shape index (κ2) is 10.2. The van der Waals surface area contributed by atoms with Crippen molar-refractivity contribution in [1.82, 2.24) is 5.43 Å². The van der Waals surface area contributed by atoms with Gasteiger partial charge in [-0.3, -0.25) is 9.59 Å². The number of hydrazone groups is 1. The Kier molecular flexibility index (Phi) is 7.63. The highest BCUT2D eigenvalue weighted by Gasteiger charge is 2.14. The monoisotopic (exact) mass is 389 g/mol. The molecule has 2 aromatic carbocycles. The maximum absolute atomic E-state index is 11.9. The summed E-state index contributed by atoms with van der Waals surface area (Å²) in [5.41, 5.74) is 3.14. The van der Waals surface area contributed by atoms with Gasteiger partial charge in [-0.05, 0) is 38.1 Å². The second-order valence-corrected chi connectivity index (χ2v) is 5.61. The second-order valence-electron chi connectivity index (χ2n) is 5.20. The molecule has 0 aliphatic carbocycles. The number of carbonyl (C=O) groups excluding carboxylic acids is 2. The van der Waals surface area contributed by atoms with Gasteiger partial charge < -0.3 is 14.8 Å². The quantitative estimate of drug-likeness (QED) is 0.432. The van der Waals surface area contributed by atoms with E-state index < -0.39 is 11.8 Å². The lowest BCUT2D eigenvalue weighted by Gasteiger charge is -2.10. The standard InChI is InChI=1S/C19H20ClN3O4/c1-3-26-14-10-9-13(17(11-14)27-4-2)12-21-23-19(25)18(24)22-16-8-6-5-7-15(16)20/h5-12H,3-4H2,1-2H3,(H,22,24)(H,23,25)/b21-12-. The number of benzene rings is 2. The third kappa shape index (κ3) is 6.00. The summed E-state index contributed by atoms with van der Waals surface area (Å²) in [4.78, 5) is 23.8. The van der Waals surface area contributed by atoms with Gasteiger partial charge in [-0.2, -0.15) is 5.10 Å². The fourth-order valence-electron chi connectivity index (χ4n) is 2.11. The lowest BCUT2D eigenvalue weighted by atomic mass is 10.2. The maximum atomic E-state index is 11.9. The van der Waals surface area contributed by atoms with Gasteiger partial charge in [0.1, 0.15) is 11.5 Å². The van der Waals surface area contributed by atoms with E-state index in [1.54, 1.807) is 42.5 Å². The van der Waals surface area contributed by atoms with E-state index in [0.29, 0.717) is 41.0 Å². The van der Waals surface area contributed by atoms with Crippen molar-refractivity contribution in [1.29, 1.82) is 0 Å². The molecule has 27 heavy (non-hydrogen) atoms. The van der Waals surface area contributed by atoms with Crippen molar-refractivity contribution in [2.75, 3.05) is 18.5 Å². The minimum absolute atomic E-state index is 0.331. The minimum Gasteiger partial charge on any atom is -0.494 e. The van der Waals surface area contributed by atoms with Gasteiger partial charge in [0.25, 0.3) is 0 Å². The van der Waals surface area contributed by atoms with Gasteiger partial charge in [0, 0.05) is 11.6 Å². The van der Waals surface area contributed by atoms with Crippen LogP contribution in [-0.4, -0.2) is 31.2 Å². The number of anilines is 1. The van der Waals surface area contributed by atoms with Crippen molar-refractivity contribution in [3.05, 3.63) is 53.1 Å². The van der Waals surface area contributed by atoms with Crippen molar-refractivity contribution in [2.24, 2.45) is 5.10 Å². The van der Waals surface area contributed by atoms with Gasteiger partial charge in [0.05, 0.1) is 30.1 Å². The Morgan fingerprint density at radius 1 is 1.07 bits per heavy atom. The largest absolute Gasteiger partial charge is 0.494 e. The van der Waals surface area contributed by atoms with Crippen molar-refractivity contribution in [3.63, 3.8) is 0 Å². The van der Waals surface area contributed by atoms with Gasteiger partial charge in [-0.1, -0.05) is 23.7 Å². The van der Waals surface area contributed by atoms with Crippen LogP contribution in [0.25, 0.3) is 0 Å². The fourth-order valence-corrected chi connectivity index (χ4v) is 2.29. The molecule has 0 saturated heterocycles. The van der Waals surface area contributed by atoms with Crippen molar-refractivity contribution in [3.8, 4) is 11.5 Å². The number of nitrogens with one attached hydrogen (secondary N) is 2. The van der Waals surface area contributed by atoms with Crippen LogP contribution in [0, 0.1) is 0 Å².